The maximum Gasteiger partial charge on any atom is 0.231 e. The second kappa shape index (κ2) is 4.67. The zero-order valence-corrected chi connectivity index (χ0v) is 10.4. The van der Waals surface area contributed by atoms with Gasteiger partial charge in [0, 0.05) is 11.8 Å². The number of aromatic nitrogens is 1. The van der Waals surface area contributed by atoms with Crippen LogP contribution < -0.4 is 14.8 Å². The average molecular weight is 274 g/mol. The number of pyridine rings is 1. The molecule has 1 aliphatic rings. The first-order chi connectivity index (χ1) is 9.24. The molecule has 19 heavy (non-hydrogen) atoms. The highest BCUT2D eigenvalue weighted by molar-refractivity contribution is 6.29. The summed E-state index contributed by atoms with van der Waals surface area (Å²) < 4.78 is 10.5. The van der Waals surface area contributed by atoms with E-state index in [1.165, 1.54) is 6.07 Å². The minimum absolute atomic E-state index is 0.229. The van der Waals surface area contributed by atoms with Gasteiger partial charge in [0.05, 0.1) is 11.6 Å². The van der Waals surface area contributed by atoms with Crippen molar-refractivity contribution in [3.8, 4) is 17.6 Å². The number of hydrogen-bond acceptors (Lipinski definition) is 5. The molecule has 0 atom stereocenters. The topological polar surface area (TPSA) is 67.2 Å². The van der Waals surface area contributed by atoms with Crippen molar-refractivity contribution in [1.29, 1.82) is 5.26 Å². The van der Waals surface area contributed by atoms with E-state index in [-0.39, 0.29) is 11.9 Å². The molecule has 2 aromatic rings. The van der Waals surface area contributed by atoms with Gasteiger partial charge in [0.15, 0.2) is 11.5 Å². The zero-order chi connectivity index (χ0) is 13.2. The molecule has 0 bridgehead atoms. The first-order valence-corrected chi connectivity index (χ1v) is 5.87. The largest absolute Gasteiger partial charge is 0.454 e. The van der Waals surface area contributed by atoms with Gasteiger partial charge in [0.2, 0.25) is 6.79 Å². The van der Waals surface area contributed by atoms with Crippen LogP contribution in [0.15, 0.2) is 30.3 Å². The Morgan fingerprint density at radius 1 is 1.21 bits per heavy atom. The quantitative estimate of drug-likeness (QED) is 0.852. The lowest BCUT2D eigenvalue weighted by Crippen LogP contribution is -1.95. The second-order valence-electron chi connectivity index (χ2n) is 3.87. The molecule has 0 spiro atoms. The molecule has 1 aliphatic heterocycles. The predicted octanol–water partition coefficient (Wildman–Crippen LogP) is 3.08. The monoisotopic (exact) mass is 273 g/mol. The van der Waals surface area contributed by atoms with Crippen LogP contribution in [0.25, 0.3) is 0 Å². The molecule has 1 aromatic heterocycles. The summed E-state index contributed by atoms with van der Waals surface area (Å²) in [6, 6.07) is 10.6. The van der Waals surface area contributed by atoms with Gasteiger partial charge >= 0.3 is 0 Å². The summed E-state index contributed by atoms with van der Waals surface area (Å²) in [6.07, 6.45) is 0. The number of nitrogens with one attached hydrogen (secondary N) is 1. The summed E-state index contributed by atoms with van der Waals surface area (Å²) in [4.78, 5) is 4.10. The highest BCUT2D eigenvalue weighted by Gasteiger charge is 2.13. The smallest absolute Gasteiger partial charge is 0.231 e. The molecular weight excluding hydrogens is 266 g/mol. The summed E-state index contributed by atoms with van der Waals surface area (Å²) in [5.74, 6) is 1.89. The lowest BCUT2D eigenvalue weighted by atomic mass is 10.2. The van der Waals surface area contributed by atoms with Crippen LogP contribution in [-0.2, 0) is 0 Å². The Hall–Kier alpha value is -2.45. The van der Waals surface area contributed by atoms with Gasteiger partial charge in [0.1, 0.15) is 11.0 Å². The zero-order valence-electron chi connectivity index (χ0n) is 9.68. The van der Waals surface area contributed by atoms with Crippen molar-refractivity contribution in [1.82, 2.24) is 4.98 Å². The Morgan fingerprint density at radius 3 is 2.89 bits per heavy atom. The van der Waals surface area contributed by atoms with Crippen molar-refractivity contribution >= 4 is 23.1 Å². The summed E-state index contributed by atoms with van der Waals surface area (Å²) >= 11 is 5.84. The van der Waals surface area contributed by atoms with Gasteiger partial charge in [-0.25, -0.2) is 4.98 Å². The van der Waals surface area contributed by atoms with Gasteiger partial charge in [0.25, 0.3) is 0 Å². The molecule has 0 saturated carbocycles. The van der Waals surface area contributed by atoms with Crippen molar-refractivity contribution in [2.75, 3.05) is 12.1 Å². The van der Waals surface area contributed by atoms with Gasteiger partial charge < -0.3 is 14.8 Å². The Balaban J connectivity index is 1.89. The molecule has 0 fully saturated rings. The molecule has 94 valence electrons. The molecule has 0 saturated heterocycles. The van der Waals surface area contributed by atoms with Crippen LogP contribution in [0.4, 0.5) is 11.5 Å². The summed E-state index contributed by atoms with van der Waals surface area (Å²) in [5, 5.41) is 12.2. The SMILES string of the molecule is N#Cc1cc(Cl)nc(Nc2ccc3c(c2)OCO3)c1. The molecule has 0 radical (unpaired) electrons. The van der Waals surface area contributed by atoms with E-state index in [9.17, 15) is 0 Å². The fourth-order valence-corrected chi connectivity index (χ4v) is 1.96. The van der Waals surface area contributed by atoms with E-state index in [1.807, 2.05) is 12.1 Å². The molecule has 6 heteroatoms. The molecule has 0 amide bonds. The molecule has 0 unspecified atom stereocenters. The Kier molecular flexibility index (Phi) is 2.86. The Bertz CT molecular complexity index is 682. The third-order valence-corrected chi connectivity index (χ3v) is 2.76. The van der Waals surface area contributed by atoms with E-state index in [4.69, 9.17) is 26.3 Å². The molecule has 2 heterocycles. The van der Waals surface area contributed by atoms with Crippen LogP contribution in [0.5, 0.6) is 11.5 Å². The van der Waals surface area contributed by atoms with Crippen LogP contribution >= 0.6 is 11.6 Å². The number of fused-ring (bicyclic) bond motifs is 1. The van der Waals surface area contributed by atoms with Crippen LogP contribution in [0.3, 0.4) is 0 Å². The van der Waals surface area contributed by atoms with Crippen LogP contribution in [-0.4, -0.2) is 11.8 Å². The summed E-state index contributed by atoms with van der Waals surface area (Å²) in [6.45, 7) is 0.229. The highest BCUT2D eigenvalue weighted by atomic mass is 35.5. The van der Waals surface area contributed by atoms with E-state index < -0.39 is 0 Å². The van der Waals surface area contributed by atoms with Gasteiger partial charge in [-0.05, 0) is 24.3 Å². The number of anilines is 2. The van der Waals surface area contributed by atoms with Crippen molar-refractivity contribution in [2.24, 2.45) is 0 Å². The average Bonchev–Trinajstić information content (AvgIpc) is 2.85. The van der Waals surface area contributed by atoms with E-state index in [1.54, 1.807) is 18.2 Å². The summed E-state index contributed by atoms with van der Waals surface area (Å²) in [7, 11) is 0. The van der Waals surface area contributed by atoms with Crippen molar-refractivity contribution < 1.29 is 9.47 Å². The highest BCUT2D eigenvalue weighted by Crippen LogP contribution is 2.35. The minimum atomic E-state index is 0.229. The van der Waals surface area contributed by atoms with Crippen LogP contribution in [0.1, 0.15) is 5.56 Å². The number of rotatable bonds is 2. The number of nitriles is 1. The van der Waals surface area contributed by atoms with Gasteiger partial charge in [-0.3, -0.25) is 0 Å². The number of ether oxygens (including phenoxy) is 2. The first-order valence-electron chi connectivity index (χ1n) is 5.49. The standard InChI is InChI=1S/C13H8ClN3O2/c14-12-3-8(6-15)4-13(17-12)16-9-1-2-10-11(5-9)19-7-18-10/h1-5H,7H2,(H,16,17). The van der Waals surface area contributed by atoms with Crippen molar-refractivity contribution in [2.45, 2.75) is 0 Å². The number of hydrogen-bond donors (Lipinski definition) is 1. The fraction of sp³-hybridized carbons (Fsp3) is 0.0769. The van der Waals surface area contributed by atoms with E-state index in [2.05, 4.69) is 10.3 Å². The fourth-order valence-electron chi connectivity index (χ4n) is 1.75. The first kappa shape index (κ1) is 11.6. The van der Waals surface area contributed by atoms with E-state index in [0.29, 0.717) is 22.9 Å². The van der Waals surface area contributed by atoms with Crippen molar-refractivity contribution in [3.05, 3.63) is 41.0 Å². The number of benzene rings is 1. The minimum Gasteiger partial charge on any atom is -0.454 e. The van der Waals surface area contributed by atoms with E-state index >= 15 is 0 Å². The molecule has 3 rings (SSSR count). The molecular formula is C13H8ClN3O2. The third-order valence-electron chi connectivity index (χ3n) is 2.57. The second-order valence-corrected chi connectivity index (χ2v) is 4.26. The van der Waals surface area contributed by atoms with E-state index in [0.717, 1.165) is 5.69 Å². The molecule has 5 nitrogen and oxygen atoms in total. The van der Waals surface area contributed by atoms with Gasteiger partial charge in [-0.2, -0.15) is 5.26 Å². The summed E-state index contributed by atoms with van der Waals surface area (Å²) in [5.41, 5.74) is 1.23. The number of halogens is 1. The van der Waals surface area contributed by atoms with Gasteiger partial charge in [-0.15, -0.1) is 0 Å². The van der Waals surface area contributed by atoms with Crippen LogP contribution in [0.2, 0.25) is 5.15 Å². The van der Waals surface area contributed by atoms with Crippen LogP contribution in [0, 0.1) is 11.3 Å². The Morgan fingerprint density at radius 2 is 2.05 bits per heavy atom. The predicted molar refractivity (Wildman–Crippen MR) is 69.8 cm³/mol. The van der Waals surface area contributed by atoms with Crippen molar-refractivity contribution in [3.63, 3.8) is 0 Å². The molecule has 1 N–H and O–H groups in total. The normalized spacial score (nSPS) is 12.0. The third kappa shape index (κ3) is 2.39. The lowest BCUT2D eigenvalue weighted by molar-refractivity contribution is 0.174. The van der Waals surface area contributed by atoms with Gasteiger partial charge in [-0.1, -0.05) is 11.6 Å². The molecule has 1 aromatic carbocycles. The maximum absolute atomic E-state index is 8.88. The molecule has 0 aliphatic carbocycles. The Labute approximate surface area is 114 Å². The number of nitrogens with zero attached hydrogens (tertiary/aromatic N) is 2. The lowest BCUT2D eigenvalue weighted by Gasteiger charge is -2.07. The maximum atomic E-state index is 8.88.